The van der Waals surface area contributed by atoms with Crippen LogP contribution in [-0.4, -0.2) is 18.2 Å². The molecule has 0 amide bonds. The second-order valence-electron chi connectivity index (χ2n) is 2.63. The maximum Gasteiger partial charge on any atom is 0.178 e. The molecule has 13 heavy (non-hydrogen) atoms. The van der Waals surface area contributed by atoms with E-state index in [-0.39, 0.29) is 24.6 Å². The molecule has 5 heteroatoms. The third kappa shape index (κ3) is 7.11. The van der Waals surface area contributed by atoms with Gasteiger partial charge in [0.15, 0.2) is 17.7 Å². The van der Waals surface area contributed by atoms with E-state index in [4.69, 9.17) is 0 Å². The molecule has 0 aliphatic rings. The third-order valence-electron chi connectivity index (χ3n) is 1.58. The molecule has 5 nitrogen and oxygen atoms in total. The van der Waals surface area contributed by atoms with Crippen molar-refractivity contribution in [2.75, 3.05) is 6.61 Å². The first kappa shape index (κ1) is 11.7. The van der Waals surface area contributed by atoms with Gasteiger partial charge in [-0.1, -0.05) is 6.92 Å². The molecule has 0 unspecified atom stereocenters. The largest absolute Gasteiger partial charge is 0.356 e. The van der Waals surface area contributed by atoms with Gasteiger partial charge in [0.1, 0.15) is 5.78 Å². The summed E-state index contributed by atoms with van der Waals surface area (Å²) in [6, 6.07) is 0. The quantitative estimate of drug-likeness (QED) is 0.425. The van der Waals surface area contributed by atoms with E-state index in [0.717, 1.165) is 0 Å². The van der Waals surface area contributed by atoms with Crippen LogP contribution in [0.4, 0.5) is 0 Å². The van der Waals surface area contributed by atoms with E-state index in [9.17, 15) is 14.5 Å². The van der Waals surface area contributed by atoms with Gasteiger partial charge in [-0.05, 0) is 6.42 Å². The lowest BCUT2D eigenvalue weighted by molar-refractivity contribution is -0.124. The van der Waals surface area contributed by atoms with Crippen LogP contribution in [-0.2, 0) is 14.4 Å². The Hall–Kier alpha value is -1.26. The molecule has 74 valence electrons. The molecule has 0 aliphatic carbocycles. The van der Waals surface area contributed by atoms with Crippen LogP contribution in [0.25, 0.3) is 0 Å². The number of ketones is 2. The predicted molar refractivity (Wildman–Crippen MR) is 45.9 cm³/mol. The van der Waals surface area contributed by atoms with E-state index in [1.807, 2.05) is 0 Å². The number of Topliss-reactive ketones (excluding diaryl/α,β-unsaturated/α-hetero) is 2. The van der Waals surface area contributed by atoms with Gasteiger partial charge in [-0.3, -0.25) is 9.59 Å². The second-order valence-corrected chi connectivity index (χ2v) is 2.63. The van der Waals surface area contributed by atoms with Crippen molar-refractivity contribution in [3.8, 4) is 0 Å². The van der Waals surface area contributed by atoms with Crippen LogP contribution >= 0.6 is 0 Å². The summed E-state index contributed by atoms with van der Waals surface area (Å²) in [5.74, 6) is -0.0641. The van der Waals surface area contributed by atoms with Gasteiger partial charge in [-0.2, -0.15) is 0 Å². The van der Waals surface area contributed by atoms with Crippen molar-refractivity contribution in [1.29, 1.82) is 0 Å². The maximum atomic E-state index is 10.8. The fraction of sp³-hybridized carbons (Fsp3) is 0.750. The first-order valence-electron chi connectivity index (χ1n) is 4.18. The highest BCUT2D eigenvalue weighted by Gasteiger charge is 2.04. The minimum Gasteiger partial charge on any atom is -0.356 e. The lowest BCUT2D eigenvalue weighted by Crippen LogP contribution is -2.06. The van der Waals surface area contributed by atoms with Gasteiger partial charge in [0.05, 0.1) is 0 Å². The molecule has 0 saturated heterocycles. The van der Waals surface area contributed by atoms with Crippen LogP contribution in [0.1, 0.15) is 32.6 Å². The molecule has 0 aliphatic heterocycles. The minimum absolute atomic E-state index is 0.141. The van der Waals surface area contributed by atoms with Crippen molar-refractivity contribution < 1.29 is 14.4 Å². The summed E-state index contributed by atoms with van der Waals surface area (Å²) >= 11 is 0. The van der Waals surface area contributed by atoms with Gasteiger partial charge in [0.25, 0.3) is 0 Å². The molecule has 0 N–H and O–H groups in total. The standard InChI is InChI=1S/C8H13NO4/c1-2-7(10)4-3-5-8(11)6-13-9-12/h2-6H2,1H3. The van der Waals surface area contributed by atoms with Crippen molar-refractivity contribution in [2.24, 2.45) is 5.34 Å². The monoisotopic (exact) mass is 187 g/mol. The number of hydrogen-bond donors (Lipinski definition) is 0. The molecule has 0 aromatic rings. The molecule has 0 atom stereocenters. The predicted octanol–water partition coefficient (Wildman–Crippen LogP) is 1.40. The molecule has 0 aromatic heterocycles. The van der Waals surface area contributed by atoms with E-state index in [2.05, 4.69) is 10.2 Å². The van der Waals surface area contributed by atoms with Crippen LogP contribution in [0.15, 0.2) is 5.34 Å². The third-order valence-corrected chi connectivity index (χ3v) is 1.58. The summed E-state index contributed by atoms with van der Waals surface area (Å²) in [5, 5.41) is 2.10. The first-order valence-corrected chi connectivity index (χ1v) is 4.18. The van der Waals surface area contributed by atoms with Crippen LogP contribution < -0.4 is 0 Å². The van der Waals surface area contributed by atoms with Crippen molar-refractivity contribution >= 4 is 11.6 Å². The fourth-order valence-electron chi connectivity index (χ4n) is 0.830. The van der Waals surface area contributed by atoms with Crippen molar-refractivity contribution in [2.45, 2.75) is 32.6 Å². The lowest BCUT2D eigenvalue weighted by atomic mass is 10.1. The summed E-state index contributed by atoms with van der Waals surface area (Å²) in [6.07, 6.45) is 1.70. The zero-order chi connectivity index (χ0) is 10.1. The Kier molecular flexibility index (Phi) is 6.68. The SMILES string of the molecule is CCC(=O)CCCC(=O)CON=O. The average molecular weight is 187 g/mol. The van der Waals surface area contributed by atoms with Gasteiger partial charge < -0.3 is 4.84 Å². The van der Waals surface area contributed by atoms with E-state index in [0.29, 0.717) is 19.3 Å². The van der Waals surface area contributed by atoms with Gasteiger partial charge in [0.2, 0.25) is 0 Å². The Morgan fingerprint density at radius 1 is 1.23 bits per heavy atom. The maximum absolute atomic E-state index is 10.8. The Balaban J connectivity index is 3.36. The van der Waals surface area contributed by atoms with Gasteiger partial charge in [-0.25, -0.2) is 0 Å². The van der Waals surface area contributed by atoms with E-state index in [1.165, 1.54) is 0 Å². The number of carbonyl (C=O) groups is 2. The van der Waals surface area contributed by atoms with Crippen molar-refractivity contribution in [1.82, 2.24) is 0 Å². The van der Waals surface area contributed by atoms with E-state index >= 15 is 0 Å². The first-order chi connectivity index (χ1) is 6.20. The molecule has 0 bridgehead atoms. The fourth-order valence-corrected chi connectivity index (χ4v) is 0.830. The van der Waals surface area contributed by atoms with Gasteiger partial charge >= 0.3 is 0 Å². The highest BCUT2D eigenvalue weighted by molar-refractivity contribution is 5.81. The number of rotatable bonds is 8. The smallest absolute Gasteiger partial charge is 0.178 e. The van der Waals surface area contributed by atoms with Crippen molar-refractivity contribution in [3.63, 3.8) is 0 Å². The Labute approximate surface area is 76.4 Å². The second kappa shape index (κ2) is 7.39. The zero-order valence-corrected chi connectivity index (χ0v) is 7.62. The molecule has 0 saturated carbocycles. The summed E-state index contributed by atoms with van der Waals surface area (Å²) in [5.41, 5.74) is 0. The highest BCUT2D eigenvalue weighted by Crippen LogP contribution is 2.00. The normalized spacial score (nSPS) is 9.31. The topological polar surface area (TPSA) is 72.8 Å². The zero-order valence-electron chi connectivity index (χ0n) is 7.62. The number of nitrogens with zero attached hydrogens (tertiary/aromatic N) is 1. The van der Waals surface area contributed by atoms with Gasteiger partial charge in [0, 0.05) is 19.3 Å². The number of carbonyl (C=O) groups excluding carboxylic acids is 2. The minimum atomic E-state index is -0.288. The Morgan fingerprint density at radius 2 is 1.85 bits per heavy atom. The summed E-state index contributed by atoms with van der Waals surface area (Å²) in [7, 11) is 0. The summed E-state index contributed by atoms with van der Waals surface area (Å²) < 4.78 is 0. The van der Waals surface area contributed by atoms with Crippen molar-refractivity contribution in [3.05, 3.63) is 4.91 Å². The molecular formula is C8H13NO4. The van der Waals surface area contributed by atoms with Gasteiger partial charge in [-0.15, -0.1) is 4.91 Å². The summed E-state index contributed by atoms with van der Waals surface area (Å²) in [4.78, 5) is 35.1. The Bertz CT molecular complexity index is 191. The molecule has 0 heterocycles. The average Bonchev–Trinajstić information content (AvgIpc) is 2.14. The van der Waals surface area contributed by atoms with E-state index in [1.54, 1.807) is 6.92 Å². The molecule has 0 spiro atoms. The lowest BCUT2D eigenvalue weighted by Gasteiger charge is -1.97. The van der Waals surface area contributed by atoms with Crippen LogP contribution in [0.2, 0.25) is 0 Å². The Morgan fingerprint density at radius 3 is 2.38 bits per heavy atom. The summed E-state index contributed by atoms with van der Waals surface area (Å²) in [6.45, 7) is 1.49. The van der Waals surface area contributed by atoms with E-state index < -0.39 is 0 Å². The van der Waals surface area contributed by atoms with Crippen LogP contribution in [0.3, 0.4) is 0 Å². The molecule has 0 radical (unpaired) electrons. The molecule has 0 aromatic carbocycles. The molecular weight excluding hydrogens is 174 g/mol. The van der Waals surface area contributed by atoms with Crippen LogP contribution in [0, 0.1) is 4.91 Å². The van der Waals surface area contributed by atoms with Crippen LogP contribution in [0.5, 0.6) is 0 Å². The highest BCUT2D eigenvalue weighted by atomic mass is 16.7. The molecule has 0 rings (SSSR count). The number of hydrogen-bond acceptors (Lipinski definition) is 5. The molecule has 0 fully saturated rings.